The normalized spacial score (nSPS) is 27.8. The van der Waals surface area contributed by atoms with Gasteiger partial charge in [0, 0.05) is 25.6 Å². The molecule has 120 valence electrons. The molecule has 1 amide bonds. The minimum absolute atomic E-state index is 0.183. The molecular formula is C18H26N2O2. The smallest absolute Gasteiger partial charge is 0.255 e. The first-order valence-electron chi connectivity index (χ1n) is 8.28. The van der Waals surface area contributed by atoms with Crippen molar-refractivity contribution in [3.8, 4) is 0 Å². The number of ether oxygens (including phenoxy) is 1. The summed E-state index contributed by atoms with van der Waals surface area (Å²) in [7, 11) is 1.68. The molecule has 0 spiro atoms. The molecule has 0 aromatic heterocycles. The molecule has 2 fully saturated rings. The number of nitrogens with zero attached hydrogens (tertiary/aromatic N) is 1. The van der Waals surface area contributed by atoms with Gasteiger partial charge < -0.3 is 15.0 Å². The van der Waals surface area contributed by atoms with Crippen LogP contribution in [-0.2, 0) is 9.53 Å². The Morgan fingerprint density at radius 3 is 2.59 bits per heavy atom. The third-order valence-electron chi connectivity index (χ3n) is 5.30. The number of hydrogen-bond donors (Lipinski definition) is 1. The molecule has 2 aliphatic heterocycles. The molecule has 0 saturated carbocycles. The second kappa shape index (κ2) is 6.39. The maximum absolute atomic E-state index is 13.1. The van der Waals surface area contributed by atoms with Gasteiger partial charge in [0.2, 0.25) is 0 Å². The van der Waals surface area contributed by atoms with Crippen LogP contribution in [0.1, 0.15) is 37.7 Å². The van der Waals surface area contributed by atoms with E-state index in [4.69, 9.17) is 4.74 Å². The summed E-state index contributed by atoms with van der Waals surface area (Å²) in [6.07, 6.45) is 2.57. The fraction of sp³-hybridized carbons (Fsp3) is 0.611. The van der Waals surface area contributed by atoms with Gasteiger partial charge >= 0.3 is 0 Å². The molecule has 22 heavy (non-hydrogen) atoms. The van der Waals surface area contributed by atoms with Crippen molar-refractivity contribution in [2.45, 2.75) is 43.7 Å². The van der Waals surface area contributed by atoms with Crippen LogP contribution >= 0.6 is 0 Å². The van der Waals surface area contributed by atoms with Crippen LogP contribution in [0.2, 0.25) is 0 Å². The zero-order valence-electron chi connectivity index (χ0n) is 13.5. The summed E-state index contributed by atoms with van der Waals surface area (Å²) < 4.78 is 5.71. The zero-order chi connectivity index (χ0) is 15.6. The average molecular weight is 302 g/mol. The van der Waals surface area contributed by atoms with Gasteiger partial charge in [-0.1, -0.05) is 30.3 Å². The number of piperidine rings is 1. The molecule has 1 aromatic rings. The summed E-state index contributed by atoms with van der Waals surface area (Å²) in [6.45, 7) is 4.67. The van der Waals surface area contributed by atoms with Gasteiger partial charge in [0.25, 0.3) is 5.91 Å². The molecular weight excluding hydrogens is 276 g/mol. The summed E-state index contributed by atoms with van der Waals surface area (Å²) in [4.78, 5) is 15.2. The fourth-order valence-electron chi connectivity index (χ4n) is 3.88. The van der Waals surface area contributed by atoms with E-state index in [-0.39, 0.29) is 11.9 Å². The molecule has 2 heterocycles. The van der Waals surface area contributed by atoms with Crippen LogP contribution in [0.15, 0.2) is 30.3 Å². The van der Waals surface area contributed by atoms with Gasteiger partial charge in [-0.05, 0) is 44.8 Å². The van der Waals surface area contributed by atoms with Crippen molar-refractivity contribution in [1.82, 2.24) is 10.2 Å². The SMILES string of the molecule is COC1(C(=O)N2CC(c3ccccc3)CC2C)CCNCC1. The monoisotopic (exact) mass is 302 g/mol. The van der Waals surface area contributed by atoms with E-state index < -0.39 is 5.60 Å². The zero-order valence-corrected chi connectivity index (χ0v) is 13.5. The van der Waals surface area contributed by atoms with Gasteiger partial charge in [-0.2, -0.15) is 0 Å². The Balaban J connectivity index is 1.75. The Bertz CT molecular complexity index is 511. The fourth-order valence-corrected chi connectivity index (χ4v) is 3.88. The highest BCUT2D eigenvalue weighted by Crippen LogP contribution is 2.35. The van der Waals surface area contributed by atoms with Crippen LogP contribution in [0.4, 0.5) is 0 Å². The van der Waals surface area contributed by atoms with Crippen molar-refractivity contribution in [2.75, 3.05) is 26.7 Å². The highest BCUT2D eigenvalue weighted by molar-refractivity contribution is 5.86. The van der Waals surface area contributed by atoms with Crippen LogP contribution in [0.5, 0.6) is 0 Å². The summed E-state index contributed by atoms with van der Waals surface area (Å²) in [5.74, 6) is 0.623. The first-order valence-corrected chi connectivity index (χ1v) is 8.28. The summed E-state index contributed by atoms with van der Waals surface area (Å²) in [5, 5.41) is 3.31. The number of hydrogen-bond acceptors (Lipinski definition) is 3. The molecule has 1 aromatic carbocycles. The summed E-state index contributed by atoms with van der Waals surface area (Å²) in [5.41, 5.74) is 0.715. The number of amides is 1. The van der Waals surface area contributed by atoms with Crippen LogP contribution in [0, 0.1) is 0 Å². The molecule has 0 aliphatic carbocycles. The molecule has 1 N–H and O–H groups in total. The first-order chi connectivity index (χ1) is 10.7. The van der Waals surface area contributed by atoms with E-state index in [1.807, 2.05) is 11.0 Å². The number of rotatable bonds is 3. The second-order valence-electron chi connectivity index (χ2n) is 6.60. The molecule has 4 nitrogen and oxygen atoms in total. The Morgan fingerprint density at radius 1 is 1.27 bits per heavy atom. The number of carbonyl (C=O) groups is 1. The van der Waals surface area contributed by atoms with Gasteiger partial charge in [-0.25, -0.2) is 0 Å². The number of carbonyl (C=O) groups excluding carboxylic acids is 1. The first kappa shape index (κ1) is 15.5. The van der Waals surface area contributed by atoms with Gasteiger partial charge in [-0.3, -0.25) is 4.79 Å². The molecule has 2 aliphatic rings. The van der Waals surface area contributed by atoms with E-state index in [1.165, 1.54) is 5.56 Å². The molecule has 2 atom stereocenters. The van der Waals surface area contributed by atoms with Crippen molar-refractivity contribution in [3.63, 3.8) is 0 Å². The van der Waals surface area contributed by atoms with Gasteiger partial charge in [0.05, 0.1) is 0 Å². The lowest BCUT2D eigenvalue weighted by Gasteiger charge is -2.39. The largest absolute Gasteiger partial charge is 0.368 e. The van der Waals surface area contributed by atoms with E-state index >= 15 is 0 Å². The Morgan fingerprint density at radius 2 is 1.95 bits per heavy atom. The van der Waals surface area contributed by atoms with Gasteiger partial charge in [0.1, 0.15) is 5.60 Å². The maximum atomic E-state index is 13.1. The number of likely N-dealkylation sites (tertiary alicyclic amines) is 1. The predicted molar refractivity (Wildman–Crippen MR) is 86.8 cm³/mol. The van der Waals surface area contributed by atoms with Crippen molar-refractivity contribution in [3.05, 3.63) is 35.9 Å². The number of nitrogens with one attached hydrogen (secondary N) is 1. The van der Waals surface area contributed by atoms with Gasteiger partial charge in [-0.15, -0.1) is 0 Å². The topological polar surface area (TPSA) is 41.6 Å². The lowest BCUT2D eigenvalue weighted by Crippen LogP contribution is -2.56. The predicted octanol–water partition coefficient (Wildman–Crippen LogP) is 2.16. The van der Waals surface area contributed by atoms with Crippen molar-refractivity contribution in [1.29, 1.82) is 0 Å². The minimum atomic E-state index is -0.620. The van der Waals surface area contributed by atoms with Crippen LogP contribution in [0.25, 0.3) is 0 Å². The molecule has 4 heteroatoms. The number of methoxy groups -OCH3 is 1. The molecule has 2 unspecified atom stereocenters. The van der Waals surface area contributed by atoms with E-state index in [0.29, 0.717) is 5.92 Å². The van der Waals surface area contributed by atoms with Crippen LogP contribution in [0.3, 0.4) is 0 Å². The summed E-state index contributed by atoms with van der Waals surface area (Å²) in [6, 6.07) is 10.8. The van der Waals surface area contributed by atoms with Crippen LogP contribution < -0.4 is 5.32 Å². The Kier molecular flexibility index (Phi) is 4.50. The van der Waals surface area contributed by atoms with Crippen molar-refractivity contribution in [2.24, 2.45) is 0 Å². The second-order valence-corrected chi connectivity index (χ2v) is 6.60. The Hall–Kier alpha value is -1.39. The minimum Gasteiger partial charge on any atom is -0.368 e. The lowest BCUT2D eigenvalue weighted by molar-refractivity contribution is -0.159. The molecule has 0 radical (unpaired) electrons. The molecule has 0 bridgehead atoms. The van der Waals surface area contributed by atoms with E-state index in [1.54, 1.807) is 7.11 Å². The Labute approximate surface area is 132 Å². The lowest BCUT2D eigenvalue weighted by atomic mass is 9.90. The summed E-state index contributed by atoms with van der Waals surface area (Å²) >= 11 is 0. The van der Waals surface area contributed by atoms with Crippen molar-refractivity contribution >= 4 is 5.91 Å². The molecule has 3 rings (SSSR count). The molecule has 2 saturated heterocycles. The average Bonchev–Trinajstić information content (AvgIpc) is 2.97. The highest BCUT2D eigenvalue weighted by Gasteiger charge is 2.46. The van der Waals surface area contributed by atoms with Gasteiger partial charge in [0.15, 0.2) is 0 Å². The third-order valence-corrected chi connectivity index (χ3v) is 5.30. The third kappa shape index (κ3) is 2.77. The van der Waals surface area contributed by atoms with Crippen LogP contribution in [-0.4, -0.2) is 49.2 Å². The maximum Gasteiger partial charge on any atom is 0.255 e. The van der Waals surface area contributed by atoms with E-state index in [0.717, 1.165) is 38.9 Å². The van der Waals surface area contributed by atoms with E-state index in [2.05, 4.69) is 36.5 Å². The van der Waals surface area contributed by atoms with Crippen molar-refractivity contribution < 1.29 is 9.53 Å². The standard InChI is InChI=1S/C18H26N2O2/c1-14-12-16(15-6-4-3-5-7-15)13-20(14)17(21)18(22-2)8-10-19-11-9-18/h3-7,14,16,19H,8-13H2,1-2H3. The quantitative estimate of drug-likeness (QED) is 0.930. The van der Waals surface area contributed by atoms with E-state index in [9.17, 15) is 4.79 Å². The number of benzene rings is 1. The highest BCUT2D eigenvalue weighted by atomic mass is 16.5.